The molecule has 0 radical (unpaired) electrons. The van der Waals surface area contributed by atoms with E-state index in [1.54, 1.807) is 30.6 Å². The highest BCUT2D eigenvalue weighted by Crippen LogP contribution is 2.27. The summed E-state index contributed by atoms with van der Waals surface area (Å²) in [5.41, 5.74) is 5.01. The number of hydrogen-bond donors (Lipinski definition) is 1. The van der Waals surface area contributed by atoms with Crippen LogP contribution in [0.25, 0.3) is 22.3 Å². The molecular formula is C24H21NO3S2. The van der Waals surface area contributed by atoms with Gasteiger partial charge in [-0.3, -0.25) is 0 Å². The minimum atomic E-state index is -3.62. The maximum absolute atomic E-state index is 12.8. The van der Waals surface area contributed by atoms with Crippen molar-refractivity contribution in [2.45, 2.75) is 11.4 Å². The van der Waals surface area contributed by atoms with Gasteiger partial charge in [-0.1, -0.05) is 48.5 Å². The van der Waals surface area contributed by atoms with Crippen LogP contribution in [0, 0.1) is 0 Å². The summed E-state index contributed by atoms with van der Waals surface area (Å²) in [6, 6.07) is 24.4. The van der Waals surface area contributed by atoms with Gasteiger partial charge >= 0.3 is 0 Å². The third-order valence-corrected chi connectivity index (χ3v) is 6.99. The Hall–Kier alpha value is -2.93. The molecule has 0 saturated heterocycles. The molecule has 0 saturated carbocycles. The summed E-state index contributed by atoms with van der Waals surface area (Å²) >= 11 is 1.62. The van der Waals surface area contributed by atoms with E-state index in [4.69, 9.17) is 4.74 Å². The first-order valence-electron chi connectivity index (χ1n) is 9.41. The zero-order valence-corrected chi connectivity index (χ0v) is 18.0. The first-order chi connectivity index (χ1) is 14.6. The fraction of sp³-hybridized carbons (Fsp3) is 0.0833. The summed E-state index contributed by atoms with van der Waals surface area (Å²) in [7, 11) is -2.00. The predicted molar refractivity (Wildman–Crippen MR) is 122 cm³/mol. The Morgan fingerprint density at radius 3 is 2.13 bits per heavy atom. The van der Waals surface area contributed by atoms with E-state index in [9.17, 15) is 8.42 Å². The molecule has 30 heavy (non-hydrogen) atoms. The van der Waals surface area contributed by atoms with Gasteiger partial charge in [0, 0.05) is 6.54 Å². The van der Waals surface area contributed by atoms with Gasteiger partial charge in [0.2, 0.25) is 10.0 Å². The topological polar surface area (TPSA) is 55.4 Å². The first kappa shape index (κ1) is 20.3. The zero-order chi connectivity index (χ0) is 21.0. The Morgan fingerprint density at radius 1 is 0.833 bits per heavy atom. The molecule has 4 nitrogen and oxygen atoms in total. The molecule has 0 aliphatic carbocycles. The highest BCUT2D eigenvalue weighted by Gasteiger charge is 2.15. The largest absolute Gasteiger partial charge is 0.497 e. The van der Waals surface area contributed by atoms with E-state index in [1.807, 2.05) is 72.1 Å². The van der Waals surface area contributed by atoms with Gasteiger partial charge in [0.1, 0.15) is 5.75 Å². The molecule has 0 amide bonds. The van der Waals surface area contributed by atoms with Crippen LogP contribution in [0.3, 0.4) is 0 Å². The highest BCUT2D eigenvalue weighted by atomic mass is 32.2. The van der Waals surface area contributed by atoms with Gasteiger partial charge in [0.05, 0.1) is 12.0 Å². The number of rotatable bonds is 7. The summed E-state index contributed by atoms with van der Waals surface area (Å²) in [6.07, 6.45) is 0. The average molecular weight is 436 g/mol. The number of hydrogen-bond acceptors (Lipinski definition) is 4. The summed E-state index contributed by atoms with van der Waals surface area (Å²) in [5.74, 6) is 0.782. The van der Waals surface area contributed by atoms with Gasteiger partial charge in [0.15, 0.2) is 0 Å². The number of benzene rings is 3. The summed E-state index contributed by atoms with van der Waals surface area (Å²) in [5, 5.41) is 4.08. The van der Waals surface area contributed by atoms with Crippen LogP contribution in [0.2, 0.25) is 0 Å². The minimum absolute atomic E-state index is 0.231. The maximum Gasteiger partial charge on any atom is 0.240 e. The second kappa shape index (κ2) is 8.83. The molecule has 3 aromatic carbocycles. The molecule has 0 spiro atoms. The smallest absolute Gasteiger partial charge is 0.240 e. The Labute approximate surface area is 180 Å². The number of ether oxygens (including phenoxy) is 1. The lowest BCUT2D eigenvalue weighted by atomic mass is 10.0. The van der Waals surface area contributed by atoms with Crippen LogP contribution in [-0.2, 0) is 16.6 Å². The lowest BCUT2D eigenvalue weighted by Gasteiger charge is -2.11. The Kier molecular flexibility index (Phi) is 5.99. The third kappa shape index (κ3) is 4.46. The standard InChI is InChI=1S/C24H21NO3S2/c1-28-22-10-6-18(7-11-22)19-8-12-23(13-9-19)30(26,27)25-16-20-4-2-3-5-24(20)21-14-15-29-17-21/h2-15,17,25H,16H2,1H3. The molecule has 0 bridgehead atoms. The minimum Gasteiger partial charge on any atom is -0.497 e. The SMILES string of the molecule is COc1ccc(-c2ccc(S(=O)(=O)NCc3ccccc3-c3ccsc3)cc2)cc1. The maximum atomic E-state index is 12.8. The molecule has 1 heterocycles. The van der Waals surface area contributed by atoms with E-state index in [-0.39, 0.29) is 11.4 Å². The molecule has 1 N–H and O–H groups in total. The Morgan fingerprint density at radius 2 is 1.50 bits per heavy atom. The van der Waals surface area contributed by atoms with E-state index in [1.165, 1.54) is 0 Å². The second-order valence-electron chi connectivity index (χ2n) is 6.75. The zero-order valence-electron chi connectivity index (χ0n) is 16.4. The lowest BCUT2D eigenvalue weighted by molar-refractivity contribution is 0.415. The molecule has 4 rings (SSSR count). The van der Waals surface area contributed by atoms with Gasteiger partial charge < -0.3 is 4.74 Å². The van der Waals surface area contributed by atoms with Crippen LogP contribution in [0.5, 0.6) is 5.75 Å². The van der Waals surface area contributed by atoms with Crippen molar-refractivity contribution in [3.8, 4) is 28.0 Å². The number of nitrogens with one attached hydrogen (secondary N) is 1. The van der Waals surface area contributed by atoms with Crippen molar-refractivity contribution >= 4 is 21.4 Å². The third-order valence-electron chi connectivity index (χ3n) is 4.89. The van der Waals surface area contributed by atoms with E-state index < -0.39 is 10.0 Å². The lowest BCUT2D eigenvalue weighted by Crippen LogP contribution is -2.23. The second-order valence-corrected chi connectivity index (χ2v) is 9.29. The van der Waals surface area contributed by atoms with Crippen molar-refractivity contribution in [2.24, 2.45) is 0 Å². The number of sulfonamides is 1. The van der Waals surface area contributed by atoms with Crippen LogP contribution < -0.4 is 9.46 Å². The average Bonchev–Trinajstić information content (AvgIpc) is 3.33. The van der Waals surface area contributed by atoms with Gasteiger partial charge in [-0.25, -0.2) is 13.1 Å². The first-order valence-corrected chi connectivity index (χ1v) is 11.8. The Balaban J connectivity index is 1.50. The fourth-order valence-corrected chi connectivity index (χ4v) is 4.90. The monoisotopic (exact) mass is 435 g/mol. The molecule has 0 fully saturated rings. The molecule has 0 unspecified atom stereocenters. The summed E-state index contributed by atoms with van der Waals surface area (Å²) in [4.78, 5) is 0.243. The van der Waals surface area contributed by atoms with Gasteiger partial charge in [-0.15, -0.1) is 0 Å². The van der Waals surface area contributed by atoms with Crippen LogP contribution in [-0.4, -0.2) is 15.5 Å². The van der Waals surface area contributed by atoms with E-state index >= 15 is 0 Å². The van der Waals surface area contributed by atoms with Crippen molar-refractivity contribution < 1.29 is 13.2 Å². The molecule has 1 aromatic heterocycles. The van der Waals surface area contributed by atoms with E-state index in [0.29, 0.717) is 0 Å². The normalized spacial score (nSPS) is 11.4. The van der Waals surface area contributed by atoms with Crippen molar-refractivity contribution in [3.63, 3.8) is 0 Å². The molecule has 152 valence electrons. The van der Waals surface area contributed by atoms with E-state index in [2.05, 4.69) is 10.1 Å². The van der Waals surface area contributed by atoms with Gasteiger partial charge in [-0.2, -0.15) is 11.3 Å². The molecule has 0 aliphatic heterocycles. The molecule has 0 atom stereocenters. The van der Waals surface area contributed by atoms with E-state index in [0.717, 1.165) is 33.6 Å². The van der Waals surface area contributed by atoms with Crippen LogP contribution in [0.15, 0.2) is 94.5 Å². The van der Waals surface area contributed by atoms with Crippen LogP contribution >= 0.6 is 11.3 Å². The summed E-state index contributed by atoms with van der Waals surface area (Å²) in [6.45, 7) is 0.231. The fourth-order valence-electron chi connectivity index (χ4n) is 3.24. The number of methoxy groups -OCH3 is 1. The molecular weight excluding hydrogens is 414 g/mol. The van der Waals surface area contributed by atoms with Crippen LogP contribution in [0.4, 0.5) is 0 Å². The van der Waals surface area contributed by atoms with Crippen molar-refractivity contribution in [2.75, 3.05) is 7.11 Å². The van der Waals surface area contributed by atoms with Gasteiger partial charge in [0.25, 0.3) is 0 Å². The quantitative estimate of drug-likeness (QED) is 0.413. The highest BCUT2D eigenvalue weighted by molar-refractivity contribution is 7.89. The van der Waals surface area contributed by atoms with Crippen LogP contribution in [0.1, 0.15) is 5.56 Å². The van der Waals surface area contributed by atoms with Gasteiger partial charge in [-0.05, 0) is 68.9 Å². The Bertz CT molecular complexity index is 1210. The summed E-state index contributed by atoms with van der Waals surface area (Å²) < 4.78 is 33.5. The van der Waals surface area contributed by atoms with Crippen molar-refractivity contribution in [3.05, 3.63) is 95.2 Å². The molecule has 6 heteroatoms. The number of thiophene rings is 1. The van der Waals surface area contributed by atoms with Crippen molar-refractivity contribution in [1.29, 1.82) is 0 Å². The molecule has 4 aromatic rings. The predicted octanol–water partition coefficient (Wildman–Crippen LogP) is 5.57. The van der Waals surface area contributed by atoms with Crippen molar-refractivity contribution in [1.82, 2.24) is 4.72 Å². The molecule has 0 aliphatic rings.